The van der Waals surface area contributed by atoms with Crippen molar-refractivity contribution in [1.29, 1.82) is 0 Å². The molecule has 0 aliphatic carbocycles. The van der Waals surface area contributed by atoms with Crippen molar-refractivity contribution in [3.8, 4) is 0 Å². The monoisotopic (exact) mass is 565 g/mol. The molecule has 37 heavy (non-hydrogen) atoms. The molecule has 196 valence electrons. The van der Waals surface area contributed by atoms with Crippen molar-refractivity contribution in [3.05, 3.63) is 93.7 Å². The molecule has 0 aliphatic heterocycles. The van der Waals surface area contributed by atoms with Crippen LogP contribution in [-0.2, 0) is 26.2 Å². The van der Waals surface area contributed by atoms with Crippen LogP contribution in [0.3, 0.4) is 0 Å². The van der Waals surface area contributed by atoms with E-state index in [0.717, 1.165) is 34.1 Å². The van der Waals surface area contributed by atoms with Gasteiger partial charge in [0.05, 0.1) is 10.6 Å². The van der Waals surface area contributed by atoms with E-state index in [4.69, 9.17) is 23.2 Å². The summed E-state index contributed by atoms with van der Waals surface area (Å²) in [6, 6.07) is 14.8. The number of aryl methyl sites for hydroxylation is 1. The van der Waals surface area contributed by atoms with Crippen molar-refractivity contribution in [1.82, 2.24) is 10.2 Å². The van der Waals surface area contributed by atoms with Crippen LogP contribution in [0.1, 0.15) is 18.1 Å². The third kappa shape index (κ3) is 6.60. The number of nitrogens with one attached hydrogen (secondary N) is 1. The molecule has 2 amide bonds. The van der Waals surface area contributed by atoms with Crippen LogP contribution in [0.15, 0.2) is 71.6 Å². The zero-order valence-corrected chi connectivity index (χ0v) is 22.7. The van der Waals surface area contributed by atoms with Crippen LogP contribution in [0.4, 0.5) is 10.1 Å². The fourth-order valence-corrected chi connectivity index (χ4v) is 5.55. The van der Waals surface area contributed by atoms with Crippen molar-refractivity contribution < 1.29 is 22.4 Å². The lowest BCUT2D eigenvalue weighted by Gasteiger charge is -2.32. The third-order valence-electron chi connectivity index (χ3n) is 5.81. The minimum atomic E-state index is -4.29. The maximum atomic E-state index is 13.7. The standard InChI is InChI=1S/C26H26Cl2FN3O4S/c1-17-7-11-20(12-8-17)32(37(35,36)21-13-9-19(29)10-14-21)16-25(33)31(18(2)26(34)30-3)15-22-23(27)5-4-6-24(22)28/h4-14,18H,15-16H2,1-3H3,(H,30,34). The van der Waals surface area contributed by atoms with Crippen molar-refractivity contribution in [3.63, 3.8) is 0 Å². The van der Waals surface area contributed by atoms with Crippen molar-refractivity contribution >= 4 is 50.7 Å². The Morgan fingerprint density at radius 1 is 0.973 bits per heavy atom. The molecule has 0 saturated carbocycles. The van der Waals surface area contributed by atoms with E-state index in [1.54, 1.807) is 42.5 Å². The molecule has 0 aliphatic rings. The van der Waals surface area contributed by atoms with Gasteiger partial charge in [0.25, 0.3) is 10.0 Å². The number of carbonyl (C=O) groups excluding carboxylic acids is 2. The molecular weight excluding hydrogens is 540 g/mol. The van der Waals surface area contributed by atoms with Gasteiger partial charge in [-0.3, -0.25) is 13.9 Å². The lowest BCUT2D eigenvalue weighted by atomic mass is 10.1. The van der Waals surface area contributed by atoms with Gasteiger partial charge in [-0.15, -0.1) is 0 Å². The fraction of sp³-hybridized carbons (Fsp3) is 0.231. The van der Waals surface area contributed by atoms with Crippen LogP contribution < -0.4 is 9.62 Å². The third-order valence-corrected chi connectivity index (χ3v) is 8.30. The summed E-state index contributed by atoms with van der Waals surface area (Å²) in [4.78, 5) is 27.3. The Labute approximate surface area is 225 Å². The summed E-state index contributed by atoms with van der Waals surface area (Å²) < 4.78 is 41.7. The molecule has 0 aromatic heterocycles. The lowest BCUT2D eigenvalue weighted by Crippen LogP contribution is -2.50. The lowest BCUT2D eigenvalue weighted by molar-refractivity contribution is -0.139. The Balaban J connectivity index is 2.06. The number of hydrogen-bond donors (Lipinski definition) is 1. The van der Waals surface area contributed by atoms with E-state index < -0.39 is 40.2 Å². The van der Waals surface area contributed by atoms with E-state index in [0.29, 0.717) is 15.6 Å². The summed E-state index contributed by atoms with van der Waals surface area (Å²) in [5, 5.41) is 3.09. The van der Waals surface area contributed by atoms with Gasteiger partial charge in [0.1, 0.15) is 18.4 Å². The predicted molar refractivity (Wildman–Crippen MR) is 143 cm³/mol. The van der Waals surface area contributed by atoms with Gasteiger partial charge in [0, 0.05) is 29.2 Å². The van der Waals surface area contributed by atoms with Crippen molar-refractivity contribution in [2.75, 3.05) is 17.9 Å². The van der Waals surface area contributed by atoms with Crippen molar-refractivity contribution in [2.24, 2.45) is 0 Å². The molecule has 3 aromatic rings. The second kappa shape index (κ2) is 11.9. The van der Waals surface area contributed by atoms with Crippen LogP contribution in [0.5, 0.6) is 0 Å². The molecule has 3 aromatic carbocycles. The fourth-order valence-electron chi connectivity index (χ4n) is 3.62. The topological polar surface area (TPSA) is 86.8 Å². The van der Waals surface area contributed by atoms with E-state index in [9.17, 15) is 22.4 Å². The molecule has 0 heterocycles. The van der Waals surface area contributed by atoms with E-state index >= 15 is 0 Å². The van der Waals surface area contributed by atoms with Crippen LogP contribution in [0, 0.1) is 12.7 Å². The van der Waals surface area contributed by atoms with Gasteiger partial charge >= 0.3 is 0 Å². The number of rotatable bonds is 9. The number of nitrogens with zero attached hydrogens (tertiary/aromatic N) is 2. The summed E-state index contributed by atoms with van der Waals surface area (Å²) in [5.74, 6) is -1.72. The summed E-state index contributed by atoms with van der Waals surface area (Å²) in [7, 11) is -2.85. The van der Waals surface area contributed by atoms with Crippen LogP contribution in [0.2, 0.25) is 10.0 Å². The molecule has 0 fully saturated rings. The largest absolute Gasteiger partial charge is 0.357 e. The molecule has 3 rings (SSSR count). The van der Waals surface area contributed by atoms with E-state index in [1.807, 2.05) is 6.92 Å². The normalized spacial score (nSPS) is 12.1. The zero-order chi connectivity index (χ0) is 27.3. The number of hydrogen-bond acceptors (Lipinski definition) is 4. The van der Waals surface area contributed by atoms with Gasteiger partial charge in [-0.2, -0.15) is 0 Å². The number of carbonyl (C=O) groups is 2. The second-order valence-corrected chi connectivity index (χ2v) is 11.0. The Kier molecular flexibility index (Phi) is 9.17. The van der Waals surface area contributed by atoms with E-state index in [2.05, 4.69) is 5.32 Å². The highest BCUT2D eigenvalue weighted by molar-refractivity contribution is 7.92. The van der Waals surface area contributed by atoms with Crippen molar-refractivity contribution in [2.45, 2.75) is 31.3 Å². The predicted octanol–water partition coefficient (Wildman–Crippen LogP) is 4.80. The molecular formula is C26H26Cl2FN3O4S. The first-order chi connectivity index (χ1) is 17.4. The number of likely N-dealkylation sites (N-methyl/N-ethyl adjacent to an activating group) is 1. The molecule has 0 bridgehead atoms. The minimum absolute atomic E-state index is 0.135. The van der Waals surface area contributed by atoms with Crippen LogP contribution in [0.25, 0.3) is 0 Å². The SMILES string of the molecule is CNC(=O)C(C)N(Cc1c(Cl)cccc1Cl)C(=O)CN(c1ccc(C)cc1)S(=O)(=O)c1ccc(F)cc1. The Hall–Kier alpha value is -3.14. The highest BCUT2D eigenvalue weighted by Gasteiger charge is 2.33. The van der Waals surface area contributed by atoms with Gasteiger partial charge in [0.15, 0.2) is 0 Å². The van der Waals surface area contributed by atoms with Gasteiger partial charge in [-0.05, 0) is 62.4 Å². The second-order valence-electron chi connectivity index (χ2n) is 8.31. The van der Waals surface area contributed by atoms with Gasteiger partial charge < -0.3 is 10.2 Å². The highest BCUT2D eigenvalue weighted by atomic mass is 35.5. The van der Waals surface area contributed by atoms with E-state index in [-0.39, 0.29) is 17.1 Å². The summed E-state index contributed by atoms with van der Waals surface area (Å²) in [5.41, 5.74) is 1.53. The molecule has 11 heteroatoms. The molecule has 0 saturated heterocycles. The molecule has 1 atom stereocenters. The van der Waals surface area contributed by atoms with Crippen LogP contribution in [-0.4, -0.2) is 44.8 Å². The quantitative estimate of drug-likeness (QED) is 0.403. The minimum Gasteiger partial charge on any atom is -0.357 e. The van der Waals surface area contributed by atoms with Gasteiger partial charge in [0.2, 0.25) is 11.8 Å². The summed E-state index contributed by atoms with van der Waals surface area (Å²) in [6.45, 7) is 2.59. The average Bonchev–Trinajstić information content (AvgIpc) is 2.87. The molecule has 7 nitrogen and oxygen atoms in total. The number of sulfonamides is 1. The Bertz CT molecular complexity index is 1360. The highest BCUT2D eigenvalue weighted by Crippen LogP contribution is 2.28. The summed E-state index contributed by atoms with van der Waals surface area (Å²) in [6.07, 6.45) is 0. The summed E-state index contributed by atoms with van der Waals surface area (Å²) >= 11 is 12.6. The molecule has 0 spiro atoms. The maximum absolute atomic E-state index is 13.7. The number of amides is 2. The molecule has 0 radical (unpaired) electrons. The number of halogens is 3. The maximum Gasteiger partial charge on any atom is 0.264 e. The smallest absolute Gasteiger partial charge is 0.264 e. The van der Waals surface area contributed by atoms with Gasteiger partial charge in [-0.25, -0.2) is 12.8 Å². The average molecular weight is 566 g/mol. The first-order valence-electron chi connectivity index (χ1n) is 11.2. The Morgan fingerprint density at radius 2 is 1.54 bits per heavy atom. The number of benzene rings is 3. The zero-order valence-electron chi connectivity index (χ0n) is 20.4. The first-order valence-corrected chi connectivity index (χ1v) is 13.4. The first kappa shape index (κ1) is 28.4. The van der Waals surface area contributed by atoms with Gasteiger partial charge in [-0.1, -0.05) is 47.0 Å². The van der Waals surface area contributed by atoms with Crippen LogP contribution >= 0.6 is 23.2 Å². The van der Waals surface area contributed by atoms with E-state index in [1.165, 1.54) is 18.9 Å². The number of anilines is 1. The molecule has 1 N–H and O–H groups in total. The Morgan fingerprint density at radius 3 is 2.08 bits per heavy atom. The molecule has 1 unspecified atom stereocenters.